The Labute approximate surface area is 371 Å². The molecule has 0 aliphatic rings. The first-order valence-corrected chi connectivity index (χ1v) is 25.6. The van der Waals surface area contributed by atoms with Crippen molar-refractivity contribution in [3.05, 3.63) is 60.8 Å². The molecule has 3 atom stereocenters. The molecule has 0 aromatic carbocycles. The Morgan fingerprint density at radius 1 is 0.500 bits per heavy atom. The summed E-state index contributed by atoms with van der Waals surface area (Å²) in [5.41, 5.74) is 0. The normalized spacial score (nSPS) is 13.8. The zero-order chi connectivity index (χ0) is 43.8. The summed E-state index contributed by atoms with van der Waals surface area (Å²) in [6.45, 7) is 6.32. The van der Waals surface area contributed by atoms with Crippen molar-refractivity contribution in [1.82, 2.24) is 5.32 Å². The van der Waals surface area contributed by atoms with Gasteiger partial charge in [-0.05, 0) is 64.2 Å². The first-order chi connectivity index (χ1) is 29.5. The quantitative estimate of drug-likeness (QED) is 0.0246. The SMILES string of the molecule is CC/C=C/C=C/C=C\C=C/CCCC(CC(=O)NC(CO)C(O)CCCCCCCCCCCCCCCC)OC(=O)CCCCCCC/C=C/CCCCCCCCC. The monoisotopic (exact) mass is 840 g/mol. The first kappa shape index (κ1) is 57.6. The second-order valence-corrected chi connectivity index (χ2v) is 17.3. The third kappa shape index (κ3) is 42.3. The van der Waals surface area contributed by atoms with Gasteiger partial charge in [0.1, 0.15) is 6.10 Å². The van der Waals surface area contributed by atoms with Crippen LogP contribution in [0, 0.1) is 0 Å². The Balaban J connectivity index is 4.59. The molecule has 1 amide bonds. The summed E-state index contributed by atoms with van der Waals surface area (Å²) in [4.78, 5) is 26.1. The van der Waals surface area contributed by atoms with Crippen LogP contribution in [0.5, 0.6) is 0 Å². The van der Waals surface area contributed by atoms with Crippen molar-refractivity contribution in [2.75, 3.05) is 6.61 Å². The van der Waals surface area contributed by atoms with Crippen LogP contribution in [0.3, 0.4) is 0 Å². The number of carbonyl (C=O) groups excluding carboxylic acids is 2. The third-order valence-electron chi connectivity index (χ3n) is 11.4. The molecule has 60 heavy (non-hydrogen) atoms. The van der Waals surface area contributed by atoms with E-state index in [-0.39, 0.29) is 24.9 Å². The van der Waals surface area contributed by atoms with Crippen LogP contribution in [-0.4, -0.2) is 46.9 Å². The molecule has 0 rings (SSSR count). The molecule has 3 N–H and O–H groups in total. The fourth-order valence-electron chi connectivity index (χ4n) is 7.56. The molecular weight excluding hydrogens is 743 g/mol. The maximum Gasteiger partial charge on any atom is 0.306 e. The van der Waals surface area contributed by atoms with E-state index >= 15 is 0 Å². The van der Waals surface area contributed by atoms with Crippen molar-refractivity contribution in [2.24, 2.45) is 0 Å². The van der Waals surface area contributed by atoms with Crippen molar-refractivity contribution >= 4 is 11.9 Å². The lowest BCUT2D eigenvalue weighted by molar-refractivity contribution is -0.151. The van der Waals surface area contributed by atoms with E-state index in [2.05, 4.69) is 50.4 Å². The number of aliphatic hydroxyl groups is 2. The molecule has 0 radical (unpaired) electrons. The number of aliphatic hydroxyl groups excluding tert-OH is 2. The average Bonchev–Trinajstić information content (AvgIpc) is 3.24. The Morgan fingerprint density at radius 2 is 0.933 bits per heavy atom. The molecule has 0 aromatic rings. The van der Waals surface area contributed by atoms with Gasteiger partial charge < -0.3 is 20.3 Å². The van der Waals surface area contributed by atoms with Crippen LogP contribution < -0.4 is 5.32 Å². The maximum atomic E-state index is 13.2. The molecule has 348 valence electrons. The number of rotatable bonds is 45. The molecule has 6 heteroatoms. The highest BCUT2D eigenvalue weighted by Crippen LogP contribution is 2.17. The fourth-order valence-corrected chi connectivity index (χ4v) is 7.56. The minimum Gasteiger partial charge on any atom is -0.462 e. The van der Waals surface area contributed by atoms with Gasteiger partial charge in [0.15, 0.2) is 0 Å². The lowest BCUT2D eigenvalue weighted by atomic mass is 10.0. The summed E-state index contributed by atoms with van der Waals surface area (Å²) in [6.07, 6.45) is 58.6. The molecule has 0 heterocycles. The lowest BCUT2D eigenvalue weighted by Gasteiger charge is -2.24. The molecule has 0 saturated heterocycles. The van der Waals surface area contributed by atoms with Gasteiger partial charge in [0.2, 0.25) is 5.91 Å². The molecule has 0 fully saturated rings. The summed E-state index contributed by atoms with van der Waals surface area (Å²) >= 11 is 0. The van der Waals surface area contributed by atoms with Crippen molar-refractivity contribution in [2.45, 2.75) is 264 Å². The zero-order valence-corrected chi connectivity index (χ0v) is 39.6. The summed E-state index contributed by atoms with van der Waals surface area (Å²) < 4.78 is 5.88. The first-order valence-electron chi connectivity index (χ1n) is 25.6. The largest absolute Gasteiger partial charge is 0.462 e. The Bertz CT molecular complexity index is 1080. The number of amides is 1. The molecular formula is C54H97NO5. The maximum absolute atomic E-state index is 13.2. The fraction of sp³-hybridized carbons (Fsp3) is 0.778. The van der Waals surface area contributed by atoms with Gasteiger partial charge in [-0.15, -0.1) is 0 Å². The second kappa shape index (κ2) is 47.6. The highest BCUT2D eigenvalue weighted by molar-refractivity contribution is 5.77. The van der Waals surface area contributed by atoms with Crippen molar-refractivity contribution < 1.29 is 24.5 Å². The summed E-state index contributed by atoms with van der Waals surface area (Å²) in [6, 6.07) is -0.724. The van der Waals surface area contributed by atoms with Crippen LogP contribution in [0.1, 0.15) is 245 Å². The third-order valence-corrected chi connectivity index (χ3v) is 11.4. The van der Waals surface area contributed by atoms with E-state index in [0.29, 0.717) is 19.3 Å². The predicted molar refractivity (Wildman–Crippen MR) is 259 cm³/mol. The molecule has 6 nitrogen and oxygen atoms in total. The van der Waals surface area contributed by atoms with E-state index < -0.39 is 18.2 Å². The smallest absolute Gasteiger partial charge is 0.306 e. The van der Waals surface area contributed by atoms with Gasteiger partial charge in [-0.2, -0.15) is 0 Å². The van der Waals surface area contributed by atoms with Gasteiger partial charge in [-0.3, -0.25) is 9.59 Å². The van der Waals surface area contributed by atoms with E-state index in [1.54, 1.807) is 0 Å². The summed E-state index contributed by atoms with van der Waals surface area (Å²) in [5.74, 6) is -0.550. The average molecular weight is 840 g/mol. The molecule has 0 saturated carbocycles. The molecule has 3 unspecified atom stereocenters. The van der Waals surface area contributed by atoms with Gasteiger partial charge in [0.25, 0.3) is 0 Å². The van der Waals surface area contributed by atoms with E-state index in [9.17, 15) is 19.8 Å². The summed E-state index contributed by atoms with van der Waals surface area (Å²) in [5, 5.41) is 23.7. The standard InChI is InChI=1S/C54H97NO5/c1-4-7-10-13-16-19-22-24-26-27-29-32-35-38-41-44-47-54(59)60-50(45-42-39-36-33-30-21-18-15-12-9-6-3)48-53(58)55-51(49-56)52(57)46-43-40-37-34-31-28-25-23-20-17-14-11-8-5-2/h9,12,15,18,21,26-27,30,33,36,50-52,56-57H,4-8,10-11,13-14,16-17,19-20,22-25,28-29,31-32,34-35,37-49H2,1-3H3,(H,55,58)/b12-9+,18-15+,27-26+,30-21-,36-33-. The lowest BCUT2D eigenvalue weighted by Crippen LogP contribution is -2.46. The second-order valence-electron chi connectivity index (χ2n) is 17.3. The van der Waals surface area contributed by atoms with Gasteiger partial charge in [-0.1, -0.05) is 229 Å². The Kier molecular flexibility index (Phi) is 45.7. The van der Waals surface area contributed by atoms with E-state index in [0.717, 1.165) is 64.2 Å². The number of allylic oxidation sites excluding steroid dienone is 10. The zero-order valence-electron chi connectivity index (χ0n) is 39.6. The molecule has 0 spiro atoms. The predicted octanol–water partition coefficient (Wildman–Crippen LogP) is 15.2. The topological polar surface area (TPSA) is 95.9 Å². The number of unbranched alkanes of at least 4 members (excludes halogenated alkanes) is 26. The Hall–Kier alpha value is -2.44. The number of ether oxygens (including phenoxy) is 1. The van der Waals surface area contributed by atoms with Crippen LogP contribution in [0.25, 0.3) is 0 Å². The van der Waals surface area contributed by atoms with Crippen LogP contribution >= 0.6 is 0 Å². The minimum absolute atomic E-state index is 0.0278. The van der Waals surface area contributed by atoms with E-state index in [1.807, 2.05) is 36.5 Å². The number of hydrogen-bond donors (Lipinski definition) is 3. The molecule has 0 aliphatic heterocycles. The van der Waals surface area contributed by atoms with E-state index in [1.165, 1.54) is 135 Å². The number of hydrogen-bond acceptors (Lipinski definition) is 5. The number of carbonyl (C=O) groups is 2. The van der Waals surface area contributed by atoms with Crippen molar-refractivity contribution in [3.8, 4) is 0 Å². The van der Waals surface area contributed by atoms with Crippen LogP contribution in [0.2, 0.25) is 0 Å². The van der Waals surface area contributed by atoms with Gasteiger partial charge in [0, 0.05) is 6.42 Å². The Morgan fingerprint density at radius 3 is 1.43 bits per heavy atom. The molecule has 0 bridgehead atoms. The van der Waals surface area contributed by atoms with Crippen LogP contribution in [-0.2, 0) is 14.3 Å². The van der Waals surface area contributed by atoms with Crippen LogP contribution in [0.4, 0.5) is 0 Å². The van der Waals surface area contributed by atoms with Gasteiger partial charge >= 0.3 is 5.97 Å². The van der Waals surface area contributed by atoms with Gasteiger partial charge in [-0.25, -0.2) is 0 Å². The van der Waals surface area contributed by atoms with Crippen molar-refractivity contribution in [1.29, 1.82) is 0 Å². The number of esters is 1. The van der Waals surface area contributed by atoms with E-state index in [4.69, 9.17) is 4.74 Å². The summed E-state index contributed by atoms with van der Waals surface area (Å²) in [7, 11) is 0. The molecule has 0 aliphatic carbocycles. The number of nitrogens with one attached hydrogen (secondary N) is 1. The highest BCUT2D eigenvalue weighted by Gasteiger charge is 2.24. The minimum atomic E-state index is -0.807. The van der Waals surface area contributed by atoms with Crippen molar-refractivity contribution in [3.63, 3.8) is 0 Å². The highest BCUT2D eigenvalue weighted by atomic mass is 16.5. The van der Waals surface area contributed by atoms with Gasteiger partial charge in [0.05, 0.1) is 25.2 Å². The van der Waals surface area contributed by atoms with Crippen LogP contribution in [0.15, 0.2) is 60.8 Å². The molecule has 0 aromatic heterocycles.